The Hall–Kier alpha value is -0.770. The fourth-order valence-corrected chi connectivity index (χ4v) is 2.29. The first-order valence-corrected chi connectivity index (χ1v) is 4.33. The highest BCUT2D eigenvalue weighted by Gasteiger charge is 2.47. The number of hydrogen-bond acceptors (Lipinski definition) is 2. The predicted octanol–water partition coefficient (Wildman–Crippen LogP) is 0.348. The molecule has 0 aromatic carbocycles. The molecule has 2 heterocycles. The second-order valence-electron chi connectivity index (χ2n) is 4.07. The number of hydrogen-bond donors (Lipinski definition) is 2. The van der Waals surface area contributed by atoms with Crippen molar-refractivity contribution in [1.29, 1.82) is 0 Å². The standard InChI is InChI=1S/C8H14N2O2/c1-8-2-3-9-6(8)4-10(5-8)7(11)12/h6,9H,2-5H2,1H3,(H,11,12). The summed E-state index contributed by atoms with van der Waals surface area (Å²) in [6, 6.07) is 0.383. The lowest BCUT2D eigenvalue weighted by atomic mass is 9.86. The number of likely N-dealkylation sites (tertiary alicyclic amines) is 1. The molecule has 68 valence electrons. The van der Waals surface area contributed by atoms with Crippen LogP contribution in [0, 0.1) is 5.41 Å². The minimum atomic E-state index is -0.785. The molecular weight excluding hydrogens is 156 g/mol. The molecule has 0 saturated carbocycles. The molecule has 0 aliphatic carbocycles. The van der Waals surface area contributed by atoms with Gasteiger partial charge in [-0.05, 0) is 13.0 Å². The number of nitrogens with one attached hydrogen (secondary N) is 1. The van der Waals surface area contributed by atoms with Crippen LogP contribution in [0.3, 0.4) is 0 Å². The molecule has 2 rings (SSSR count). The summed E-state index contributed by atoms with van der Waals surface area (Å²) < 4.78 is 0. The summed E-state index contributed by atoms with van der Waals surface area (Å²) in [4.78, 5) is 12.2. The van der Waals surface area contributed by atoms with Gasteiger partial charge in [-0.2, -0.15) is 0 Å². The summed E-state index contributed by atoms with van der Waals surface area (Å²) in [6.45, 7) is 4.56. The molecule has 2 atom stereocenters. The van der Waals surface area contributed by atoms with Crippen LogP contribution in [0.4, 0.5) is 4.79 Å². The topological polar surface area (TPSA) is 52.6 Å². The highest BCUT2D eigenvalue weighted by atomic mass is 16.4. The van der Waals surface area contributed by atoms with E-state index in [2.05, 4.69) is 12.2 Å². The van der Waals surface area contributed by atoms with Gasteiger partial charge in [0.05, 0.1) is 0 Å². The van der Waals surface area contributed by atoms with Crippen LogP contribution in [0.2, 0.25) is 0 Å². The van der Waals surface area contributed by atoms with Crippen LogP contribution in [0.25, 0.3) is 0 Å². The summed E-state index contributed by atoms with van der Waals surface area (Å²) in [5.41, 5.74) is 0.193. The zero-order valence-corrected chi connectivity index (χ0v) is 7.21. The zero-order chi connectivity index (χ0) is 8.77. The van der Waals surface area contributed by atoms with E-state index in [0.29, 0.717) is 19.1 Å². The number of carboxylic acid groups (broad SMARTS) is 1. The number of nitrogens with zero attached hydrogens (tertiary/aromatic N) is 1. The fraction of sp³-hybridized carbons (Fsp3) is 0.875. The Morgan fingerprint density at radius 1 is 1.75 bits per heavy atom. The summed E-state index contributed by atoms with van der Waals surface area (Å²) in [6.07, 6.45) is 0.314. The average molecular weight is 170 g/mol. The molecule has 2 N–H and O–H groups in total. The van der Waals surface area contributed by atoms with Crippen molar-refractivity contribution in [3.8, 4) is 0 Å². The van der Waals surface area contributed by atoms with Crippen LogP contribution >= 0.6 is 0 Å². The molecule has 4 nitrogen and oxygen atoms in total. The monoisotopic (exact) mass is 170 g/mol. The van der Waals surface area contributed by atoms with Crippen molar-refractivity contribution in [1.82, 2.24) is 10.2 Å². The van der Waals surface area contributed by atoms with Gasteiger partial charge in [0.2, 0.25) is 0 Å². The number of amides is 1. The fourth-order valence-electron chi connectivity index (χ4n) is 2.29. The van der Waals surface area contributed by atoms with Gasteiger partial charge in [0.25, 0.3) is 0 Å². The number of carbonyl (C=O) groups is 1. The van der Waals surface area contributed by atoms with E-state index in [0.717, 1.165) is 13.0 Å². The van der Waals surface area contributed by atoms with Gasteiger partial charge in [0, 0.05) is 24.5 Å². The smallest absolute Gasteiger partial charge is 0.407 e. The van der Waals surface area contributed by atoms with Crippen molar-refractivity contribution in [3.05, 3.63) is 0 Å². The maximum absolute atomic E-state index is 10.7. The molecule has 2 unspecified atom stereocenters. The lowest BCUT2D eigenvalue weighted by Crippen LogP contribution is -2.33. The van der Waals surface area contributed by atoms with E-state index in [-0.39, 0.29) is 5.41 Å². The Morgan fingerprint density at radius 3 is 3.08 bits per heavy atom. The summed E-state index contributed by atoms with van der Waals surface area (Å²) in [5, 5.41) is 12.1. The van der Waals surface area contributed by atoms with Crippen molar-refractivity contribution < 1.29 is 9.90 Å². The van der Waals surface area contributed by atoms with E-state index in [1.165, 1.54) is 4.90 Å². The van der Waals surface area contributed by atoms with Gasteiger partial charge in [-0.25, -0.2) is 4.79 Å². The predicted molar refractivity (Wildman–Crippen MR) is 44.1 cm³/mol. The molecule has 0 radical (unpaired) electrons. The Morgan fingerprint density at radius 2 is 2.50 bits per heavy atom. The van der Waals surface area contributed by atoms with Gasteiger partial charge in [-0.3, -0.25) is 0 Å². The van der Waals surface area contributed by atoms with E-state index in [9.17, 15) is 4.79 Å². The molecule has 0 spiro atoms. The maximum Gasteiger partial charge on any atom is 0.407 e. The van der Waals surface area contributed by atoms with Crippen molar-refractivity contribution in [3.63, 3.8) is 0 Å². The summed E-state index contributed by atoms with van der Waals surface area (Å²) in [7, 11) is 0. The Bertz CT molecular complexity index is 219. The number of rotatable bonds is 0. The normalized spacial score (nSPS) is 40.1. The largest absolute Gasteiger partial charge is 0.465 e. The van der Waals surface area contributed by atoms with Crippen molar-refractivity contribution >= 4 is 6.09 Å². The molecular formula is C8H14N2O2. The Kier molecular flexibility index (Phi) is 1.54. The Labute approximate surface area is 71.5 Å². The minimum absolute atomic E-state index is 0.193. The van der Waals surface area contributed by atoms with Gasteiger partial charge in [-0.1, -0.05) is 6.92 Å². The van der Waals surface area contributed by atoms with Crippen molar-refractivity contribution in [2.24, 2.45) is 5.41 Å². The third kappa shape index (κ3) is 0.982. The maximum atomic E-state index is 10.7. The minimum Gasteiger partial charge on any atom is -0.465 e. The van der Waals surface area contributed by atoms with Gasteiger partial charge in [0.15, 0.2) is 0 Å². The van der Waals surface area contributed by atoms with Crippen LogP contribution in [0.15, 0.2) is 0 Å². The van der Waals surface area contributed by atoms with Crippen molar-refractivity contribution in [2.45, 2.75) is 19.4 Å². The zero-order valence-electron chi connectivity index (χ0n) is 7.21. The summed E-state index contributed by atoms with van der Waals surface area (Å²) >= 11 is 0. The van der Waals surface area contributed by atoms with Gasteiger partial charge in [-0.15, -0.1) is 0 Å². The first-order chi connectivity index (χ1) is 5.62. The van der Waals surface area contributed by atoms with Crippen LogP contribution < -0.4 is 5.32 Å². The van der Waals surface area contributed by atoms with Gasteiger partial charge >= 0.3 is 6.09 Å². The SMILES string of the molecule is CC12CCNC1CN(C(=O)O)C2. The van der Waals surface area contributed by atoms with E-state index in [1.54, 1.807) is 0 Å². The summed E-state index contributed by atoms with van der Waals surface area (Å²) in [5.74, 6) is 0. The molecule has 0 aromatic heterocycles. The molecule has 1 amide bonds. The van der Waals surface area contributed by atoms with E-state index < -0.39 is 6.09 Å². The average Bonchev–Trinajstić information content (AvgIpc) is 2.41. The second kappa shape index (κ2) is 2.36. The molecule has 2 aliphatic rings. The van der Waals surface area contributed by atoms with E-state index >= 15 is 0 Å². The highest BCUT2D eigenvalue weighted by molar-refractivity contribution is 5.65. The quantitative estimate of drug-likeness (QED) is 0.551. The third-order valence-electron chi connectivity index (χ3n) is 3.15. The van der Waals surface area contributed by atoms with Crippen LogP contribution in [0.1, 0.15) is 13.3 Å². The van der Waals surface area contributed by atoms with E-state index in [1.807, 2.05) is 0 Å². The van der Waals surface area contributed by atoms with Gasteiger partial charge in [0.1, 0.15) is 0 Å². The molecule has 0 bridgehead atoms. The first kappa shape index (κ1) is 7.86. The lowest BCUT2D eigenvalue weighted by molar-refractivity contribution is 0.149. The highest BCUT2D eigenvalue weighted by Crippen LogP contribution is 2.37. The molecule has 2 fully saturated rings. The molecule has 2 saturated heterocycles. The molecule has 4 heteroatoms. The Balaban J connectivity index is 2.11. The molecule has 12 heavy (non-hydrogen) atoms. The lowest BCUT2D eigenvalue weighted by Gasteiger charge is -2.20. The second-order valence-corrected chi connectivity index (χ2v) is 4.07. The third-order valence-corrected chi connectivity index (χ3v) is 3.15. The van der Waals surface area contributed by atoms with E-state index in [4.69, 9.17) is 5.11 Å². The number of fused-ring (bicyclic) bond motifs is 1. The van der Waals surface area contributed by atoms with Crippen molar-refractivity contribution in [2.75, 3.05) is 19.6 Å². The van der Waals surface area contributed by atoms with Crippen LogP contribution in [0.5, 0.6) is 0 Å². The van der Waals surface area contributed by atoms with Crippen LogP contribution in [-0.2, 0) is 0 Å². The van der Waals surface area contributed by atoms with Crippen LogP contribution in [-0.4, -0.2) is 41.8 Å². The first-order valence-electron chi connectivity index (χ1n) is 4.33. The molecule has 0 aromatic rings. The molecule has 2 aliphatic heterocycles. The van der Waals surface area contributed by atoms with Gasteiger partial charge < -0.3 is 15.3 Å².